The minimum atomic E-state index is 0.434. The van der Waals surface area contributed by atoms with Crippen LogP contribution >= 0.6 is 0 Å². The second kappa shape index (κ2) is 11.8. The van der Waals surface area contributed by atoms with Gasteiger partial charge in [0.15, 0.2) is 11.5 Å². The van der Waals surface area contributed by atoms with E-state index < -0.39 is 0 Å². The van der Waals surface area contributed by atoms with Gasteiger partial charge in [-0.25, -0.2) is 9.97 Å². The quantitative estimate of drug-likeness (QED) is 0.411. The summed E-state index contributed by atoms with van der Waals surface area (Å²) in [6.45, 7) is 6.61. The van der Waals surface area contributed by atoms with Crippen LogP contribution in [0.3, 0.4) is 0 Å². The van der Waals surface area contributed by atoms with E-state index in [2.05, 4.69) is 50.1 Å². The first-order chi connectivity index (χ1) is 16.3. The summed E-state index contributed by atoms with van der Waals surface area (Å²) in [5.41, 5.74) is 2.18. The van der Waals surface area contributed by atoms with Crippen molar-refractivity contribution in [3.63, 3.8) is 0 Å². The van der Waals surface area contributed by atoms with Crippen LogP contribution < -0.4 is 14.4 Å². The summed E-state index contributed by atoms with van der Waals surface area (Å²) in [6, 6.07) is 14.5. The first kappa shape index (κ1) is 23.2. The molecule has 8 nitrogen and oxygen atoms in total. The Kier molecular flexibility index (Phi) is 8.30. The highest BCUT2D eigenvalue weighted by Gasteiger charge is 2.21. The van der Waals surface area contributed by atoms with E-state index in [0.29, 0.717) is 37.9 Å². The third-order valence-electron chi connectivity index (χ3n) is 5.69. The van der Waals surface area contributed by atoms with Gasteiger partial charge in [-0.1, -0.05) is 30.3 Å². The summed E-state index contributed by atoms with van der Waals surface area (Å²) in [5.74, 6) is 2.24. The standard InChI is InChI=1S/C25H32N4O4/c1-30-12-14-32-23-16-21-22(17-24(23)33-15-13-31-2)26-19-27-25(21)29-10-8-28(9-11-29)18-20-6-4-3-5-7-20/h3-7,16-17,19H,8-15,18H2,1-2H3. The molecule has 1 fully saturated rings. The second-order valence-electron chi connectivity index (χ2n) is 7.94. The molecule has 0 bridgehead atoms. The monoisotopic (exact) mass is 452 g/mol. The Labute approximate surface area is 195 Å². The van der Waals surface area contributed by atoms with Crippen LogP contribution in [0.4, 0.5) is 5.82 Å². The van der Waals surface area contributed by atoms with Crippen LogP contribution in [0.1, 0.15) is 5.56 Å². The number of fused-ring (bicyclic) bond motifs is 1. The molecule has 4 rings (SSSR count). The molecule has 2 heterocycles. The molecule has 0 aliphatic carbocycles. The molecule has 176 valence electrons. The van der Waals surface area contributed by atoms with Crippen LogP contribution in [-0.4, -0.2) is 81.7 Å². The summed E-state index contributed by atoms with van der Waals surface area (Å²) in [5, 5.41) is 0.959. The Morgan fingerprint density at radius 3 is 2.12 bits per heavy atom. The molecule has 0 spiro atoms. The van der Waals surface area contributed by atoms with Crippen LogP contribution in [0.25, 0.3) is 10.9 Å². The minimum absolute atomic E-state index is 0.434. The molecule has 0 unspecified atom stereocenters. The van der Waals surface area contributed by atoms with Gasteiger partial charge >= 0.3 is 0 Å². The molecule has 0 radical (unpaired) electrons. The Hall–Kier alpha value is -2.94. The molecule has 33 heavy (non-hydrogen) atoms. The van der Waals surface area contributed by atoms with E-state index in [-0.39, 0.29) is 0 Å². The lowest BCUT2D eigenvalue weighted by molar-refractivity contribution is 0.132. The van der Waals surface area contributed by atoms with E-state index in [1.807, 2.05) is 12.1 Å². The Morgan fingerprint density at radius 1 is 0.788 bits per heavy atom. The van der Waals surface area contributed by atoms with Crippen LogP contribution in [0.2, 0.25) is 0 Å². The molecule has 0 N–H and O–H groups in total. The van der Waals surface area contributed by atoms with Crippen LogP contribution in [-0.2, 0) is 16.0 Å². The number of methoxy groups -OCH3 is 2. The molecule has 0 atom stereocenters. The number of hydrogen-bond donors (Lipinski definition) is 0. The van der Waals surface area contributed by atoms with Gasteiger partial charge in [-0.2, -0.15) is 0 Å². The number of rotatable bonds is 11. The number of aromatic nitrogens is 2. The lowest BCUT2D eigenvalue weighted by Crippen LogP contribution is -2.46. The molecule has 1 aromatic heterocycles. The fourth-order valence-electron chi connectivity index (χ4n) is 3.96. The first-order valence-electron chi connectivity index (χ1n) is 11.3. The van der Waals surface area contributed by atoms with Gasteiger partial charge in [-0.05, 0) is 11.6 Å². The number of hydrogen-bond acceptors (Lipinski definition) is 8. The topological polar surface area (TPSA) is 69.2 Å². The highest BCUT2D eigenvalue weighted by molar-refractivity contribution is 5.92. The van der Waals surface area contributed by atoms with Crippen molar-refractivity contribution in [2.45, 2.75) is 6.54 Å². The molecule has 0 amide bonds. The number of ether oxygens (including phenoxy) is 4. The van der Waals surface area contributed by atoms with E-state index in [9.17, 15) is 0 Å². The highest BCUT2D eigenvalue weighted by atomic mass is 16.5. The van der Waals surface area contributed by atoms with E-state index in [0.717, 1.165) is 49.4 Å². The summed E-state index contributed by atoms with van der Waals surface area (Å²) in [7, 11) is 3.31. The first-order valence-corrected chi connectivity index (χ1v) is 11.3. The van der Waals surface area contributed by atoms with Gasteiger partial charge < -0.3 is 23.8 Å². The zero-order chi connectivity index (χ0) is 22.9. The smallest absolute Gasteiger partial charge is 0.163 e. The number of piperazine rings is 1. The Bertz CT molecular complexity index is 1010. The van der Waals surface area contributed by atoms with Crippen molar-refractivity contribution < 1.29 is 18.9 Å². The van der Waals surface area contributed by atoms with E-state index in [1.165, 1.54) is 5.56 Å². The summed E-state index contributed by atoms with van der Waals surface area (Å²) in [4.78, 5) is 13.9. The van der Waals surface area contributed by atoms with Crippen molar-refractivity contribution in [3.8, 4) is 11.5 Å². The second-order valence-corrected chi connectivity index (χ2v) is 7.94. The van der Waals surface area contributed by atoms with Gasteiger partial charge in [0.1, 0.15) is 25.4 Å². The van der Waals surface area contributed by atoms with Crippen molar-refractivity contribution >= 4 is 16.7 Å². The molecule has 1 aliphatic rings. The molecule has 1 aliphatic heterocycles. The van der Waals surface area contributed by atoms with Gasteiger partial charge in [0.2, 0.25) is 0 Å². The van der Waals surface area contributed by atoms with Crippen LogP contribution in [0.15, 0.2) is 48.8 Å². The Morgan fingerprint density at radius 2 is 1.45 bits per heavy atom. The van der Waals surface area contributed by atoms with Crippen LogP contribution in [0.5, 0.6) is 11.5 Å². The number of nitrogens with zero attached hydrogens (tertiary/aromatic N) is 4. The zero-order valence-corrected chi connectivity index (χ0v) is 19.4. The maximum absolute atomic E-state index is 5.97. The number of benzene rings is 2. The van der Waals surface area contributed by atoms with Gasteiger partial charge in [0, 0.05) is 58.4 Å². The van der Waals surface area contributed by atoms with E-state index in [4.69, 9.17) is 18.9 Å². The van der Waals surface area contributed by atoms with Crippen molar-refractivity contribution in [3.05, 3.63) is 54.4 Å². The molecule has 1 saturated heterocycles. The van der Waals surface area contributed by atoms with Crippen molar-refractivity contribution in [2.24, 2.45) is 0 Å². The van der Waals surface area contributed by atoms with Crippen molar-refractivity contribution in [2.75, 3.05) is 71.7 Å². The molecule has 3 aromatic rings. The molecule has 0 saturated carbocycles. The maximum atomic E-state index is 5.97. The predicted octanol–water partition coefficient (Wildman–Crippen LogP) is 3.00. The van der Waals surface area contributed by atoms with E-state index >= 15 is 0 Å². The lowest BCUT2D eigenvalue weighted by atomic mass is 10.1. The molecular weight excluding hydrogens is 420 g/mol. The zero-order valence-electron chi connectivity index (χ0n) is 19.4. The normalized spacial score (nSPS) is 14.5. The van der Waals surface area contributed by atoms with Gasteiger partial charge in [0.25, 0.3) is 0 Å². The maximum Gasteiger partial charge on any atom is 0.163 e. The molecular formula is C25H32N4O4. The van der Waals surface area contributed by atoms with Crippen LogP contribution in [0, 0.1) is 0 Å². The SMILES string of the molecule is COCCOc1cc2ncnc(N3CCN(Cc4ccccc4)CC3)c2cc1OCCOC. The van der Waals surface area contributed by atoms with Crippen molar-refractivity contribution in [1.82, 2.24) is 14.9 Å². The van der Waals surface area contributed by atoms with Gasteiger partial charge in [0.05, 0.1) is 18.7 Å². The lowest BCUT2D eigenvalue weighted by Gasteiger charge is -2.35. The Balaban J connectivity index is 1.51. The predicted molar refractivity (Wildman–Crippen MR) is 128 cm³/mol. The minimum Gasteiger partial charge on any atom is -0.487 e. The fourth-order valence-corrected chi connectivity index (χ4v) is 3.96. The summed E-state index contributed by atoms with van der Waals surface area (Å²) in [6.07, 6.45) is 1.62. The summed E-state index contributed by atoms with van der Waals surface area (Å²) < 4.78 is 22.1. The van der Waals surface area contributed by atoms with Gasteiger partial charge in [-0.3, -0.25) is 4.90 Å². The van der Waals surface area contributed by atoms with Gasteiger partial charge in [-0.15, -0.1) is 0 Å². The molecule has 8 heteroatoms. The largest absolute Gasteiger partial charge is 0.487 e. The fraction of sp³-hybridized carbons (Fsp3) is 0.440. The average Bonchev–Trinajstić information content (AvgIpc) is 2.85. The molecule has 2 aromatic carbocycles. The average molecular weight is 453 g/mol. The highest BCUT2D eigenvalue weighted by Crippen LogP contribution is 2.35. The summed E-state index contributed by atoms with van der Waals surface area (Å²) >= 11 is 0. The third kappa shape index (κ3) is 6.10. The third-order valence-corrected chi connectivity index (χ3v) is 5.69. The van der Waals surface area contributed by atoms with E-state index in [1.54, 1.807) is 20.5 Å². The van der Waals surface area contributed by atoms with Crippen molar-refractivity contribution in [1.29, 1.82) is 0 Å². The number of anilines is 1.